The van der Waals surface area contributed by atoms with Gasteiger partial charge in [-0.3, -0.25) is 0 Å². The molecule has 6 nitrogen and oxygen atoms in total. The van der Waals surface area contributed by atoms with Crippen molar-refractivity contribution in [2.45, 2.75) is 38.9 Å². The van der Waals surface area contributed by atoms with Crippen molar-refractivity contribution in [2.24, 2.45) is 5.73 Å². The molecule has 0 amide bonds. The average Bonchev–Trinajstić information content (AvgIpc) is 2.95. The molecule has 0 radical (unpaired) electrons. The second-order valence-corrected chi connectivity index (χ2v) is 6.49. The molecule has 0 atom stereocenters. The number of nitrogens with zero attached hydrogens (tertiary/aromatic N) is 3. The number of fused-ring (bicyclic) bond motifs is 1. The standard InChI is InChI=1S/C15H21BN4O2/c1-14(2)15(3,4)22-16(21-14)11(9-17)8-12-10-18-13-6-5-7-19-20(12)13/h5-8,10H,9,17H2,1-4H3. The average molecular weight is 300 g/mol. The third kappa shape index (κ3) is 2.45. The zero-order valence-electron chi connectivity index (χ0n) is 13.4. The second kappa shape index (κ2) is 5.19. The van der Waals surface area contributed by atoms with Crippen molar-refractivity contribution < 1.29 is 9.31 Å². The minimum absolute atomic E-state index is 0.344. The van der Waals surface area contributed by atoms with Crippen LogP contribution in [-0.2, 0) is 9.31 Å². The number of hydrogen-bond acceptors (Lipinski definition) is 5. The Morgan fingerprint density at radius 1 is 1.32 bits per heavy atom. The van der Waals surface area contributed by atoms with Gasteiger partial charge in [0.25, 0.3) is 0 Å². The van der Waals surface area contributed by atoms with Crippen LogP contribution in [-0.4, -0.2) is 39.5 Å². The van der Waals surface area contributed by atoms with Gasteiger partial charge in [-0.25, -0.2) is 9.50 Å². The Balaban J connectivity index is 1.95. The van der Waals surface area contributed by atoms with Crippen LogP contribution in [0.2, 0.25) is 0 Å². The maximum Gasteiger partial charge on any atom is 0.491 e. The molecule has 0 unspecified atom stereocenters. The maximum atomic E-state index is 6.06. The van der Waals surface area contributed by atoms with Gasteiger partial charge < -0.3 is 15.0 Å². The zero-order chi connectivity index (χ0) is 16.0. The van der Waals surface area contributed by atoms with Gasteiger partial charge in [0.1, 0.15) is 0 Å². The first-order valence-corrected chi connectivity index (χ1v) is 7.39. The van der Waals surface area contributed by atoms with Gasteiger partial charge in [0.15, 0.2) is 5.65 Å². The number of aromatic nitrogens is 3. The number of nitrogens with two attached hydrogens (primary N) is 1. The lowest BCUT2D eigenvalue weighted by Crippen LogP contribution is -2.41. The van der Waals surface area contributed by atoms with E-state index in [1.54, 1.807) is 16.9 Å². The summed E-state index contributed by atoms with van der Waals surface area (Å²) >= 11 is 0. The van der Waals surface area contributed by atoms with E-state index < -0.39 is 7.12 Å². The summed E-state index contributed by atoms with van der Waals surface area (Å²) in [5, 5.41) is 4.30. The van der Waals surface area contributed by atoms with Gasteiger partial charge in [0, 0.05) is 12.7 Å². The molecule has 7 heteroatoms. The van der Waals surface area contributed by atoms with Gasteiger partial charge in [-0.15, -0.1) is 0 Å². The van der Waals surface area contributed by atoms with Gasteiger partial charge in [-0.1, -0.05) is 0 Å². The van der Waals surface area contributed by atoms with Crippen LogP contribution in [0.3, 0.4) is 0 Å². The lowest BCUT2D eigenvalue weighted by molar-refractivity contribution is 0.00578. The molecule has 3 rings (SSSR count). The van der Waals surface area contributed by atoms with Gasteiger partial charge in [-0.05, 0) is 51.4 Å². The molecule has 1 aliphatic heterocycles. The molecule has 0 saturated carbocycles. The molecular weight excluding hydrogens is 279 g/mol. The topological polar surface area (TPSA) is 74.7 Å². The van der Waals surface area contributed by atoms with Crippen molar-refractivity contribution in [3.05, 3.63) is 35.7 Å². The summed E-state index contributed by atoms with van der Waals surface area (Å²) in [6, 6.07) is 3.76. The molecule has 2 N–H and O–H groups in total. The summed E-state index contributed by atoms with van der Waals surface area (Å²) < 4.78 is 13.9. The Labute approximate surface area is 130 Å². The molecule has 0 spiro atoms. The lowest BCUT2D eigenvalue weighted by atomic mass is 9.77. The largest absolute Gasteiger partial charge is 0.491 e. The van der Waals surface area contributed by atoms with Crippen molar-refractivity contribution in [3.8, 4) is 0 Å². The number of rotatable bonds is 3. The van der Waals surface area contributed by atoms with E-state index in [0.717, 1.165) is 16.8 Å². The fourth-order valence-electron chi connectivity index (χ4n) is 2.35. The Morgan fingerprint density at radius 2 is 2.00 bits per heavy atom. The molecule has 2 aromatic heterocycles. The molecule has 116 valence electrons. The summed E-state index contributed by atoms with van der Waals surface area (Å²) in [6.45, 7) is 8.44. The highest BCUT2D eigenvalue weighted by Crippen LogP contribution is 2.38. The summed E-state index contributed by atoms with van der Waals surface area (Å²) in [6.07, 6.45) is 5.43. The molecule has 0 aromatic carbocycles. The minimum atomic E-state index is -0.454. The SMILES string of the molecule is CC1(C)OB(C(=Cc2cnc3cccnn23)CN)OC1(C)C. The van der Waals surface area contributed by atoms with Crippen LogP contribution in [0.4, 0.5) is 0 Å². The molecule has 3 heterocycles. The summed E-state index contributed by atoms with van der Waals surface area (Å²) in [4.78, 5) is 4.32. The van der Waals surface area contributed by atoms with E-state index in [2.05, 4.69) is 10.1 Å². The van der Waals surface area contributed by atoms with Crippen LogP contribution in [0.1, 0.15) is 33.4 Å². The summed E-state index contributed by atoms with van der Waals surface area (Å²) in [5.74, 6) is 0. The van der Waals surface area contributed by atoms with Crippen LogP contribution in [0.15, 0.2) is 30.0 Å². The first kappa shape index (κ1) is 15.2. The van der Waals surface area contributed by atoms with E-state index in [9.17, 15) is 0 Å². The van der Waals surface area contributed by atoms with Crippen LogP contribution < -0.4 is 5.73 Å². The van der Waals surface area contributed by atoms with Crippen LogP contribution in [0, 0.1) is 0 Å². The van der Waals surface area contributed by atoms with Gasteiger partial charge >= 0.3 is 7.12 Å². The second-order valence-electron chi connectivity index (χ2n) is 6.49. The van der Waals surface area contributed by atoms with E-state index >= 15 is 0 Å². The van der Waals surface area contributed by atoms with Gasteiger partial charge in [-0.2, -0.15) is 5.10 Å². The molecule has 22 heavy (non-hydrogen) atoms. The van der Waals surface area contributed by atoms with E-state index in [0.29, 0.717) is 6.54 Å². The van der Waals surface area contributed by atoms with E-state index in [-0.39, 0.29) is 11.2 Å². The predicted octanol–water partition coefficient (Wildman–Crippen LogP) is 1.70. The minimum Gasteiger partial charge on any atom is -0.400 e. The highest BCUT2D eigenvalue weighted by Gasteiger charge is 2.52. The highest BCUT2D eigenvalue weighted by atomic mass is 16.7. The van der Waals surface area contributed by atoms with Gasteiger partial charge in [0.05, 0.1) is 23.1 Å². The van der Waals surface area contributed by atoms with Crippen LogP contribution in [0.5, 0.6) is 0 Å². The Morgan fingerprint density at radius 3 is 2.64 bits per heavy atom. The van der Waals surface area contributed by atoms with Gasteiger partial charge in [0.2, 0.25) is 0 Å². The zero-order valence-corrected chi connectivity index (χ0v) is 13.4. The first-order valence-electron chi connectivity index (χ1n) is 7.39. The highest BCUT2D eigenvalue weighted by molar-refractivity contribution is 6.55. The molecule has 0 aliphatic carbocycles. The summed E-state index contributed by atoms with van der Waals surface area (Å²) in [7, 11) is -0.454. The fraction of sp³-hybridized carbons (Fsp3) is 0.467. The molecule has 2 aromatic rings. The van der Waals surface area contributed by atoms with E-state index in [1.807, 2.05) is 45.9 Å². The number of imidazole rings is 1. The van der Waals surface area contributed by atoms with Crippen molar-refractivity contribution in [1.82, 2.24) is 14.6 Å². The quantitative estimate of drug-likeness (QED) is 0.873. The van der Waals surface area contributed by atoms with Crippen molar-refractivity contribution >= 4 is 18.8 Å². The predicted molar refractivity (Wildman–Crippen MR) is 86.1 cm³/mol. The first-order chi connectivity index (χ1) is 10.3. The molecule has 1 aliphatic rings. The Kier molecular flexibility index (Phi) is 3.59. The smallest absolute Gasteiger partial charge is 0.400 e. The van der Waals surface area contributed by atoms with Crippen molar-refractivity contribution in [2.75, 3.05) is 6.54 Å². The fourth-order valence-corrected chi connectivity index (χ4v) is 2.35. The summed E-state index contributed by atoms with van der Waals surface area (Å²) in [5.41, 5.74) is 7.65. The molecular formula is C15H21BN4O2. The van der Waals surface area contributed by atoms with Crippen LogP contribution in [0.25, 0.3) is 11.7 Å². The monoisotopic (exact) mass is 300 g/mol. The lowest BCUT2D eigenvalue weighted by Gasteiger charge is -2.32. The number of hydrogen-bond donors (Lipinski definition) is 1. The van der Waals surface area contributed by atoms with Crippen molar-refractivity contribution in [1.29, 1.82) is 0 Å². The normalized spacial score (nSPS) is 20.8. The molecule has 0 bridgehead atoms. The van der Waals surface area contributed by atoms with E-state index in [1.165, 1.54) is 0 Å². The van der Waals surface area contributed by atoms with E-state index in [4.69, 9.17) is 15.0 Å². The Bertz CT molecular complexity index is 707. The maximum absolute atomic E-state index is 6.06. The molecule has 1 fully saturated rings. The third-order valence-electron chi connectivity index (χ3n) is 4.43. The molecule has 1 saturated heterocycles. The Hall–Kier alpha value is -1.70. The van der Waals surface area contributed by atoms with Crippen molar-refractivity contribution in [3.63, 3.8) is 0 Å². The third-order valence-corrected chi connectivity index (χ3v) is 4.43. The van der Waals surface area contributed by atoms with Crippen LogP contribution >= 0.6 is 0 Å².